The zero-order chi connectivity index (χ0) is 14.9. The molecule has 0 bridgehead atoms. The van der Waals surface area contributed by atoms with Gasteiger partial charge in [0.05, 0.1) is 11.0 Å². The molecule has 2 rings (SSSR count). The van der Waals surface area contributed by atoms with Crippen molar-refractivity contribution in [1.29, 1.82) is 0 Å². The maximum Gasteiger partial charge on any atom is 0.300 e. The second kappa shape index (κ2) is 5.76. The van der Waals surface area contributed by atoms with Gasteiger partial charge >= 0.3 is 5.69 Å². The van der Waals surface area contributed by atoms with Crippen molar-refractivity contribution >= 4 is 23.2 Å². The molecule has 0 aliphatic carbocycles. The van der Waals surface area contributed by atoms with Crippen molar-refractivity contribution in [3.63, 3.8) is 0 Å². The Hall–Kier alpha value is -1.66. The number of benzene rings is 1. The van der Waals surface area contributed by atoms with Crippen LogP contribution in [0.4, 0.5) is 5.69 Å². The molecule has 0 saturated carbocycles. The molecule has 0 spiro atoms. The molecule has 1 aromatic carbocycles. The molecule has 2 unspecified atom stereocenters. The van der Waals surface area contributed by atoms with E-state index < -0.39 is 16.9 Å². The minimum absolute atomic E-state index is 0.0377. The SMILES string of the molecule is CC1CCN(C(=O)c2cccc(Cl)c2[N+](=O)[O-])CC1O. The summed E-state index contributed by atoms with van der Waals surface area (Å²) in [5.41, 5.74) is -0.420. The van der Waals surface area contributed by atoms with Gasteiger partial charge in [-0.3, -0.25) is 14.9 Å². The number of amides is 1. The molecule has 1 heterocycles. The first-order valence-corrected chi connectivity index (χ1v) is 6.70. The molecule has 6 nitrogen and oxygen atoms in total. The lowest BCUT2D eigenvalue weighted by Gasteiger charge is -2.34. The third-order valence-electron chi connectivity index (χ3n) is 3.61. The van der Waals surface area contributed by atoms with Crippen molar-refractivity contribution in [2.24, 2.45) is 5.92 Å². The van der Waals surface area contributed by atoms with Crippen LogP contribution in [0.5, 0.6) is 0 Å². The number of hydrogen-bond acceptors (Lipinski definition) is 4. The first-order chi connectivity index (χ1) is 9.41. The number of β-amino-alcohol motifs (C(OH)–C–C–N with tert-alkyl or cyclic N) is 1. The van der Waals surface area contributed by atoms with Crippen LogP contribution in [0.2, 0.25) is 5.02 Å². The van der Waals surface area contributed by atoms with Gasteiger partial charge in [0, 0.05) is 13.1 Å². The molecule has 108 valence electrons. The molecule has 1 aliphatic rings. The summed E-state index contributed by atoms with van der Waals surface area (Å²) in [5, 5.41) is 20.8. The number of rotatable bonds is 2. The number of halogens is 1. The first-order valence-electron chi connectivity index (χ1n) is 6.32. The average Bonchev–Trinajstić information content (AvgIpc) is 2.40. The molecule has 0 radical (unpaired) electrons. The normalized spacial score (nSPS) is 22.6. The Kier molecular flexibility index (Phi) is 4.25. The van der Waals surface area contributed by atoms with Crippen LogP contribution in [-0.4, -0.2) is 40.0 Å². The second-order valence-corrected chi connectivity index (χ2v) is 5.38. The van der Waals surface area contributed by atoms with E-state index in [9.17, 15) is 20.0 Å². The molecule has 1 saturated heterocycles. The Morgan fingerprint density at radius 2 is 2.25 bits per heavy atom. The molecule has 1 aromatic rings. The molecule has 2 atom stereocenters. The predicted octanol–water partition coefficient (Wildman–Crippen LogP) is 2.09. The van der Waals surface area contributed by atoms with E-state index in [1.165, 1.54) is 23.1 Å². The molecule has 1 N–H and O–H groups in total. The minimum atomic E-state index is -0.654. The molecule has 1 aliphatic heterocycles. The topological polar surface area (TPSA) is 83.7 Å². The maximum atomic E-state index is 12.4. The van der Waals surface area contributed by atoms with Gasteiger partial charge in [0.1, 0.15) is 10.6 Å². The molecule has 1 fully saturated rings. The number of aliphatic hydroxyl groups excluding tert-OH is 1. The summed E-state index contributed by atoms with van der Waals surface area (Å²) in [6, 6.07) is 4.27. The van der Waals surface area contributed by atoms with Gasteiger partial charge in [-0.1, -0.05) is 24.6 Å². The van der Waals surface area contributed by atoms with Crippen molar-refractivity contribution in [2.75, 3.05) is 13.1 Å². The lowest BCUT2D eigenvalue weighted by atomic mass is 9.95. The predicted molar refractivity (Wildman–Crippen MR) is 73.8 cm³/mol. The van der Waals surface area contributed by atoms with E-state index >= 15 is 0 Å². The van der Waals surface area contributed by atoms with E-state index in [-0.39, 0.29) is 28.7 Å². The van der Waals surface area contributed by atoms with E-state index in [0.717, 1.165) is 0 Å². The highest BCUT2D eigenvalue weighted by Gasteiger charge is 2.32. The highest BCUT2D eigenvalue weighted by Crippen LogP contribution is 2.30. The number of carbonyl (C=O) groups excluding carboxylic acids is 1. The van der Waals surface area contributed by atoms with Gasteiger partial charge in [0.25, 0.3) is 5.91 Å². The minimum Gasteiger partial charge on any atom is -0.391 e. The average molecular weight is 299 g/mol. The number of hydrogen-bond donors (Lipinski definition) is 1. The molecule has 20 heavy (non-hydrogen) atoms. The van der Waals surface area contributed by atoms with E-state index in [2.05, 4.69) is 0 Å². The van der Waals surface area contributed by atoms with Crippen molar-refractivity contribution in [3.8, 4) is 0 Å². The number of nitro benzene ring substituents is 1. The van der Waals surface area contributed by atoms with Crippen LogP contribution in [-0.2, 0) is 0 Å². The molecule has 1 amide bonds. The highest BCUT2D eigenvalue weighted by atomic mass is 35.5. The number of carbonyl (C=O) groups is 1. The van der Waals surface area contributed by atoms with Crippen molar-refractivity contribution < 1.29 is 14.8 Å². The number of aliphatic hydroxyl groups is 1. The fourth-order valence-corrected chi connectivity index (χ4v) is 2.52. The van der Waals surface area contributed by atoms with Crippen molar-refractivity contribution in [2.45, 2.75) is 19.4 Å². The van der Waals surface area contributed by atoms with Crippen LogP contribution in [0.15, 0.2) is 18.2 Å². The third-order valence-corrected chi connectivity index (χ3v) is 3.91. The van der Waals surface area contributed by atoms with Crippen LogP contribution < -0.4 is 0 Å². The fourth-order valence-electron chi connectivity index (χ4n) is 2.28. The van der Waals surface area contributed by atoms with Gasteiger partial charge in [-0.05, 0) is 24.5 Å². The quantitative estimate of drug-likeness (QED) is 0.669. The summed E-state index contributed by atoms with van der Waals surface area (Å²) in [6.45, 7) is 2.57. The molecule has 0 aromatic heterocycles. The Morgan fingerprint density at radius 1 is 1.55 bits per heavy atom. The number of nitro groups is 1. The van der Waals surface area contributed by atoms with Gasteiger partial charge in [-0.15, -0.1) is 0 Å². The summed E-state index contributed by atoms with van der Waals surface area (Å²) < 4.78 is 0. The van der Waals surface area contributed by atoms with Crippen LogP contribution in [0, 0.1) is 16.0 Å². The standard InChI is InChI=1S/C13H15ClN2O4/c1-8-5-6-15(7-11(8)17)13(18)9-3-2-4-10(14)12(9)16(19)20/h2-4,8,11,17H,5-7H2,1H3. The second-order valence-electron chi connectivity index (χ2n) is 4.98. The van der Waals surface area contributed by atoms with Gasteiger partial charge in [-0.25, -0.2) is 0 Å². The Morgan fingerprint density at radius 3 is 2.85 bits per heavy atom. The zero-order valence-electron chi connectivity index (χ0n) is 11.0. The summed E-state index contributed by atoms with van der Waals surface area (Å²) in [4.78, 5) is 24.2. The van der Waals surface area contributed by atoms with E-state index in [1.54, 1.807) is 0 Å². The largest absolute Gasteiger partial charge is 0.391 e. The summed E-state index contributed by atoms with van der Waals surface area (Å²) >= 11 is 5.80. The highest BCUT2D eigenvalue weighted by molar-refractivity contribution is 6.33. The number of para-hydroxylation sites is 1. The number of piperidine rings is 1. The zero-order valence-corrected chi connectivity index (χ0v) is 11.7. The lowest BCUT2D eigenvalue weighted by molar-refractivity contribution is -0.385. The van der Waals surface area contributed by atoms with E-state index in [4.69, 9.17) is 11.6 Å². The van der Waals surface area contributed by atoms with Gasteiger partial charge in [0.2, 0.25) is 0 Å². The smallest absolute Gasteiger partial charge is 0.300 e. The van der Waals surface area contributed by atoms with Crippen LogP contribution in [0.3, 0.4) is 0 Å². The van der Waals surface area contributed by atoms with Crippen LogP contribution >= 0.6 is 11.6 Å². The van der Waals surface area contributed by atoms with Crippen molar-refractivity contribution in [1.82, 2.24) is 4.90 Å². The third kappa shape index (κ3) is 2.76. The lowest BCUT2D eigenvalue weighted by Crippen LogP contribution is -2.45. The summed E-state index contributed by atoms with van der Waals surface area (Å²) in [5.74, 6) is -0.349. The van der Waals surface area contributed by atoms with Gasteiger partial charge < -0.3 is 10.0 Å². The summed E-state index contributed by atoms with van der Waals surface area (Å²) in [6.07, 6.45) is 0.0623. The molecular weight excluding hydrogens is 284 g/mol. The monoisotopic (exact) mass is 298 g/mol. The van der Waals surface area contributed by atoms with Crippen molar-refractivity contribution in [3.05, 3.63) is 38.9 Å². The van der Waals surface area contributed by atoms with Crippen LogP contribution in [0.25, 0.3) is 0 Å². The number of nitrogens with zero attached hydrogens (tertiary/aromatic N) is 2. The fraction of sp³-hybridized carbons (Fsp3) is 0.462. The maximum absolute atomic E-state index is 12.4. The van der Waals surface area contributed by atoms with Gasteiger partial charge in [-0.2, -0.15) is 0 Å². The Balaban J connectivity index is 2.30. The molecule has 7 heteroatoms. The van der Waals surface area contributed by atoms with E-state index in [1.807, 2.05) is 6.92 Å². The van der Waals surface area contributed by atoms with E-state index in [0.29, 0.717) is 13.0 Å². The Bertz CT molecular complexity index is 549. The Labute approximate surface area is 121 Å². The van der Waals surface area contributed by atoms with Gasteiger partial charge in [0.15, 0.2) is 0 Å². The molecular formula is C13H15ClN2O4. The van der Waals surface area contributed by atoms with Crippen LogP contribution in [0.1, 0.15) is 23.7 Å². The number of likely N-dealkylation sites (tertiary alicyclic amines) is 1. The summed E-state index contributed by atoms with van der Waals surface area (Å²) in [7, 11) is 0. The first kappa shape index (κ1) is 14.7.